The molecule has 0 unspecified atom stereocenters. The first-order valence-electron chi connectivity index (χ1n) is 12.9. The summed E-state index contributed by atoms with van der Waals surface area (Å²) < 4.78 is 44.9. The Kier molecular flexibility index (Phi) is 10.5. The number of halogens is 4. The quantitative estimate of drug-likeness (QED) is 0.124. The highest BCUT2D eigenvalue weighted by Crippen LogP contribution is 2.36. The summed E-state index contributed by atoms with van der Waals surface area (Å²) in [5.74, 6) is -0.0903. The van der Waals surface area contributed by atoms with Crippen molar-refractivity contribution >= 4 is 46.9 Å². The summed E-state index contributed by atoms with van der Waals surface area (Å²) in [6.45, 7) is 0.368. The predicted octanol–water partition coefficient (Wildman–Crippen LogP) is 6.14. The molecule has 0 aliphatic heterocycles. The van der Waals surface area contributed by atoms with Gasteiger partial charge in [0, 0.05) is 55.2 Å². The Balaban J connectivity index is 1.23. The van der Waals surface area contributed by atoms with E-state index in [-0.39, 0.29) is 30.4 Å². The molecule has 44 heavy (non-hydrogen) atoms. The van der Waals surface area contributed by atoms with Crippen molar-refractivity contribution in [2.24, 2.45) is 0 Å². The number of aromatic nitrogens is 2. The van der Waals surface area contributed by atoms with Crippen molar-refractivity contribution in [1.82, 2.24) is 20.6 Å². The average Bonchev–Trinajstić information content (AvgIpc) is 3.00. The molecule has 0 bridgehead atoms. The third kappa shape index (κ3) is 9.56. The minimum atomic E-state index is -4.67. The van der Waals surface area contributed by atoms with Crippen LogP contribution in [0.2, 0.25) is 5.02 Å². The topological polar surface area (TPSA) is 134 Å². The molecule has 2 aromatic heterocycles. The third-order valence-corrected chi connectivity index (χ3v) is 5.99. The van der Waals surface area contributed by atoms with E-state index >= 15 is 0 Å². The number of carbonyl (C=O) groups excluding carboxylic acids is 3. The van der Waals surface area contributed by atoms with Crippen LogP contribution in [0.15, 0.2) is 91.4 Å². The molecule has 0 aliphatic carbocycles. The molecule has 0 aliphatic rings. The first kappa shape index (κ1) is 31.5. The van der Waals surface area contributed by atoms with Gasteiger partial charge in [-0.15, -0.1) is 0 Å². The van der Waals surface area contributed by atoms with Gasteiger partial charge in [0.05, 0.1) is 10.6 Å². The average molecular weight is 625 g/mol. The van der Waals surface area contributed by atoms with Gasteiger partial charge in [-0.3, -0.25) is 19.6 Å². The fraction of sp³-hybridized carbons (Fsp3) is 0.100. The van der Waals surface area contributed by atoms with Crippen molar-refractivity contribution in [3.05, 3.63) is 113 Å². The summed E-state index contributed by atoms with van der Waals surface area (Å²) in [4.78, 5) is 44.7. The standard InChI is InChI=1S/C30H24ClF3N6O4/c31-25-9-6-21(16-24(25)30(32,33)34)40-29(43)39-20-4-7-22(8-5-20)44-23-11-13-36-26(17-23)28(42)38-15-14-37-27(41)10-3-19-2-1-12-35-18-19/h1-13,16-18H,14-15H2,(H,37,41)(H,38,42)(H2,39,40,43). The summed E-state index contributed by atoms with van der Waals surface area (Å²) in [5, 5.41) is 9.68. The number of alkyl halides is 3. The molecule has 0 spiro atoms. The maximum absolute atomic E-state index is 13.1. The van der Waals surface area contributed by atoms with Crippen LogP contribution >= 0.6 is 11.6 Å². The maximum Gasteiger partial charge on any atom is 0.417 e. The van der Waals surface area contributed by atoms with Gasteiger partial charge < -0.3 is 26.0 Å². The van der Waals surface area contributed by atoms with Crippen LogP contribution in [-0.2, 0) is 11.0 Å². The lowest BCUT2D eigenvalue weighted by atomic mass is 10.2. The van der Waals surface area contributed by atoms with Gasteiger partial charge in [-0.1, -0.05) is 17.7 Å². The van der Waals surface area contributed by atoms with E-state index in [9.17, 15) is 27.6 Å². The normalized spacial score (nSPS) is 11.1. The molecule has 0 saturated carbocycles. The molecule has 0 saturated heterocycles. The molecule has 4 aromatic rings. The van der Waals surface area contributed by atoms with Crippen LogP contribution in [0.4, 0.5) is 29.3 Å². The van der Waals surface area contributed by atoms with Gasteiger partial charge in [0.15, 0.2) is 0 Å². The SMILES string of the molecule is O=C(C=Cc1cccnc1)NCCNC(=O)c1cc(Oc2ccc(NC(=O)Nc3ccc(Cl)c(C(F)(F)F)c3)cc2)ccn1. The molecular formula is C30H24ClF3N6O4. The van der Waals surface area contributed by atoms with Crippen LogP contribution in [-0.4, -0.2) is 40.9 Å². The summed E-state index contributed by atoms with van der Waals surface area (Å²) >= 11 is 5.60. The summed E-state index contributed by atoms with van der Waals surface area (Å²) in [5.41, 5.74) is 0.0636. The second-order valence-corrected chi connectivity index (χ2v) is 9.35. The number of rotatable bonds is 10. The summed E-state index contributed by atoms with van der Waals surface area (Å²) in [7, 11) is 0. The Bertz CT molecular complexity index is 1650. The number of nitrogens with zero attached hydrogens (tertiary/aromatic N) is 2. The van der Waals surface area contributed by atoms with E-state index in [2.05, 4.69) is 31.2 Å². The zero-order valence-electron chi connectivity index (χ0n) is 22.7. The zero-order chi connectivity index (χ0) is 31.5. The Morgan fingerprint density at radius 3 is 2.32 bits per heavy atom. The van der Waals surface area contributed by atoms with E-state index in [0.29, 0.717) is 17.2 Å². The molecule has 0 radical (unpaired) electrons. The second kappa shape index (κ2) is 14.6. The Morgan fingerprint density at radius 1 is 0.864 bits per heavy atom. The van der Waals surface area contributed by atoms with Crippen LogP contribution in [0, 0.1) is 0 Å². The number of pyridine rings is 2. The van der Waals surface area contributed by atoms with E-state index in [1.165, 1.54) is 36.5 Å². The van der Waals surface area contributed by atoms with Crippen LogP contribution in [0.1, 0.15) is 21.6 Å². The van der Waals surface area contributed by atoms with Crippen molar-refractivity contribution < 1.29 is 32.3 Å². The summed E-state index contributed by atoms with van der Waals surface area (Å²) in [6.07, 6.45) is 2.98. The van der Waals surface area contributed by atoms with Crippen molar-refractivity contribution in [3.8, 4) is 11.5 Å². The molecule has 4 rings (SSSR count). The molecule has 10 nitrogen and oxygen atoms in total. The monoisotopic (exact) mass is 624 g/mol. The number of anilines is 2. The van der Waals surface area contributed by atoms with Gasteiger partial charge in [0.2, 0.25) is 5.91 Å². The molecule has 0 fully saturated rings. The Hall–Kier alpha value is -5.43. The van der Waals surface area contributed by atoms with Gasteiger partial charge >= 0.3 is 12.2 Å². The molecule has 4 amide bonds. The number of hydrogen-bond donors (Lipinski definition) is 4. The van der Waals surface area contributed by atoms with Crippen LogP contribution in [0.25, 0.3) is 6.08 Å². The highest BCUT2D eigenvalue weighted by molar-refractivity contribution is 6.31. The van der Waals surface area contributed by atoms with E-state index < -0.39 is 28.7 Å². The van der Waals surface area contributed by atoms with Gasteiger partial charge in [-0.25, -0.2) is 4.79 Å². The van der Waals surface area contributed by atoms with Gasteiger partial charge in [0.25, 0.3) is 5.91 Å². The summed E-state index contributed by atoms with van der Waals surface area (Å²) in [6, 6.07) is 15.0. The minimum Gasteiger partial charge on any atom is -0.457 e. The highest BCUT2D eigenvalue weighted by Gasteiger charge is 2.33. The molecule has 14 heteroatoms. The number of carbonyl (C=O) groups is 3. The van der Waals surface area contributed by atoms with Crippen LogP contribution < -0.4 is 26.0 Å². The van der Waals surface area contributed by atoms with E-state index in [1.54, 1.807) is 42.7 Å². The highest BCUT2D eigenvalue weighted by atomic mass is 35.5. The van der Waals surface area contributed by atoms with Crippen LogP contribution in [0.5, 0.6) is 11.5 Å². The maximum atomic E-state index is 13.1. The predicted molar refractivity (Wildman–Crippen MR) is 158 cm³/mol. The lowest BCUT2D eigenvalue weighted by Crippen LogP contribution is -2.34. The Labute approximate surface area is 254 Å². The number of benzene rings is 2. The van der Waals surface area contributed by atoms with Gasteiger partial charge in [-0.2, -0.15) is 13.2 Å². The van der Waals surface area contributed by atoms with Gasteiger partial charge in [0.1, 0.15) is 17.2 Å². The number of hydrogen-bond acceptors (Lipinski definition) is 6. The van der Waals surface area contributed by atoms with Crippen molar-refractivity contribution in [1.29, 1.82) is 0 Å². The Morgan fingerprint density at radius 2 is 1.59 bits per heavy atom. The fourth-order valence-corrected chi connectivity index (χ4v) is 3.84. The molecular weight excluding hydrogens is 601 g/mol. The largest absolute Gasteiger partial charge is 0.457 e. The minimum absolute atomic E-state index is 0.0876. The number of nitrogens with one attached hydrogen (secondary N) is 4. The first-order valence-corrected chi connectivity index (χ1v) is 13.3. The number of ether oxygens (including phenoxy) is 1. The van der Waals surface area contributed by atoms with Crippen molar-refractivity contribution in [2.45, 2.75) is 6.18 Å². The van der Waals surface area contributed by atoms with E-state index in [1.807, 2.05) is 6.07 Å². The number of amides is 4. The molecule has 4 N–H and O–H groups in total. The molecule has 226 valence electrons. The lowest BCUT2D eigenvalue weighted by Gasteiger charge is -2.12. The zero-order valence-corrected chi connectivity index (χ0v) is 23.4. The van der Waals surface area contributed by atoms with E-state index in [0.717, 1.165) is 17.7 Å². The van der Waals surface area contributed by atoms with Crippen LogP contribution in [0.3, 0.4) is 0 Å². The van der Waals surface area contributed by atoms with E-state index in [4.69, 9.17) is 16.3 Å². The third-order valence-electron chi connectivity index (χ3n) is 5.66. The first-order chi connectivity index (χ1) is 21.1. The van der Waals surface area contributed by atoms with Crippen molar-refractivity contribution in [2.75, 3.05) is 23.7 Å². The second-order valence-electron chi connectivity index (χ2n) is 8.94. The molecule has 2 aromatic carbocycles. The molecule has 0 atom stereocenters. The van der Waals surface area contributed by atoms with Gasteiger partial charge in [-0.05, 0) is 66.2 Å². The smallest absolute Gasteiger partial charge is 0.417 e. The fourth-order valence-electron chi connectivity index (χ4n) is 3.61. The van der Waals surface area contributed by atoms with Crippen molar-refractivity contribution in [3.63, 3.8) is 0 Å². The molecule has 2 heterocycles. The lowest BCUT2D eigenvalue weighted by molar-refractivity contribution is -0.137. The number of urea groups is 1.